The number of unbranched alkanes of at least 4 members (excludes halogenated alkanes) is 2. The number of thiophene rings is 1. The Labute approximate surface area is 297 Å². The third kappa shape index (κ3) is 7.22. The van der Waals surface area contributed by atoms with Gasteiger partial charge in [-0.15, -0.1) is 16.4 Å². The summed E-state index contributed by atoms with van der Waals surface area (Å²) >= 11 is 1.49. The lowest BCUT2D eigenvalue weighted by atomic mass is 9.72. The number of nitrogens with zero attached hydrogens (tertiary/aromatic N) is 10. The Bertz CT molecular complexity index is 1830. The first-order valence-electron chi connectivity index (χ1n) is 17.6. The predicted octanol–water partition coefficient (Wildman–Crippen LogP) is 4.96. The summed E-state index contributed by atoms with van der Waals surface area (Å²) in [6.07, 6.45) is 11.3. The maximum Gasteiger partial charge on any atom is 0.330 e. The molecule has 50 heavy (non-hydrogen) atoms. The summed E-state index contributed by atoms with van der Waals surface area (Å²) < 4.78 is 12.5. The molecule has 14 nitrogen and oxygen atoms in total. The highest BCUT2D eigenvalue weighted by Gasteiger charge is 2.43. The Morgan fingerprint density at radius 3 is 2.86 bits per heavy atom. The fraction of sp³-hybridized carbons (Fsp3) is 0.600. The molecule has 0 amide bonds. The molecule has 15 heteroatoms. The zero-order valence-corrected chi connectivity index (χ0v) is 30.4. The van der Waals surface area contributed by atoms with Crippen molar-refractivity contribution in [1.29, 1.82) is 5.26 Å². The van der Waals surface area contributed by atoms with Gasteiger partial charge in [0.15, 0.2) is 6.04 Å². The number of fused-ring (bicyclic) bond motifs is 1. The summed E-state index contributed by atoms with van der Waals surface area (Å²) in [6.45, 7) is 12.1. The molecule has 5 heterocycles. The molecule has 1 saturated heterocycles. The first kappa shape index (κ1) is 35.4. The van der Waals surface area contributed by atoms with E-state index >= 15 is 0 Å². The fourth-order valence-corrected chi connectivity index (χ4v) is 8.60. The minimum Gasteiger partial charge on any atom is -0.467 e. The van der Waals surface area contributed by atoms with E-state index in [1.165, 1.54) is 18.4 Å². The highest BCUT2D eigenvalue weighted by Crippen LogP contribution is 2.48. The van der Waals surface area contributed by atoms with Gasteiger partial charge in [-0.2, -0.15) is 10.2 Å². The minimum atomic E-state index is -0.584. The van der Waals surface area contributed by atoms with Crippen LogP contribution in [0.15, 0.2) is 23.0 Å². The van der Waals surface area contributed by atoms with Crippen LogP contribution in [0.3, 0.4) is 0 Å². The Balaban J connectivity index is 1.03. The van der Waals surface area contributed by atoms with Gasteiger partial charge in [0.2, 0.25) is 17.7 Å². The molecule has 4 aromatic heterocycles. The molecular formula is C35H47N11O3S. The number of ether oxygens (including phenoxy) is 1. The van der Waals surface area contributed by atoms with Gasteiger partial charge >= 0.3 is 5.97 Å². The van der Waals surface area contributed by atoms with Gasteiger partial charge < -0.3 is 24.8 Å². The predicted molar refractivity (Wildman–Crippen MR) is 189 cm³/mol. The van der Waals surface area contributed by atoms with E-state index in [9.17, 15) is 10.1 Å². The van der Waals surface area contributed by atoms with E-state index in [0.29, 0.717) is 33.9 Å². The Hall–Kier alpha value is -4.42. The van der Waals surface area contributed by atoms with Gasteiger partial charge in [-0.05, 0) is 83.9 Å². The average molecular weight is 702 g/mol. The number of carbonyl (C=O) groups is 1. The average Bonchev–Trinajstić information content (AvgIpc) is 3.83. The van der Waals surface area contributed by atoms with E-state index in [2.05, 4.69) is 50.2 Å². The van der Waals surface area contributed by atoms with Gasteiger partial charge in [0, 0.05) is 42.0 Å². The van der Waals surface area contributed by atoms with Crippen LogP contribution in [0.1, 0.15) is 99.9 Å². The topological polar surface area (TPSA) is 178 Å². The molecule has 4 aromatic rings. The van der Waals surface area contributed by atoms with Crippen LogP contribution in [0.25, 0.3) is 11.5 Å². The second-order valence-corrected chi connectivity index (χ2v) is 15.1. The van der Waals surface area contributed by atoms with Gasteiger partial charge in [-0.3, -0.25) is 0 Å². The number of esters is 1. The monoisotopic (exact) mass is 701 g/mol. The highest BCUT2D eigenvalue weighted by molar-refractivity contribution is 7.16. The normalized spacial score (nSPS) is 20.3. The molecular weight excluding hydrogens is 655 g/mol. The molecule has 0 bridgehead atoms. The first-order valence-corrected chi connectivity index (χ1v) is 18.4. The Morgan fingerprint density at radius 2 is 2.08 bits per heavy atom. The molecule has 1 unspecified atom stereocenters. The molecule has 3 atom stereocenters. The Kier molecular flexibility index (Phi) is 10.8. The van der Waals surface area contributed by atoms with Crippen LogP contribution in [-0.4, -0.2) is 85.3 Å². The SMILES string of the molecule is COC(=O)C(C(C)C)n1cc(CCCCCN2CCCN(c3nccc(-c4noc([C@@]5(C)CCCc6sc(N)c(C#N)c65)n4)n3)[C@@H](C)C2)nn1. The van der Waals surface area contributed by atoms with E-state index in [0.717, 1.165) is 93.7 Å². The second kappa shape index (κ2) is 15.2. The van der Waals surface area contributed by atoms with Gasteiger partial charge in [0.05, 0.1) is 23.8 Å². The summed E-state index contributed by atoms with van der Waals surface area (Å²) in [4.78, 5) is 32.5. The number of rotatable bonds is 12. The van der Waals surface area contributed by atoms with Crippen molar-refractivity contribution in [2.75, 3.05) is 43.9 Å². The van der Waals surface area contributed by atoms with Crippen LogP contribution >= 0.6 is 11.3 Å². The summed E-state index contributed by atoms with van der Waals surface area (Å²) in [5.74, 6) is 1.31. The van der Waals surface area contributed by atoms with E-state index in [1.54, 1.807) is 10.9 Å². The molecule has 0 aromatic carbocycles. The molecule has 2 aliphatic rings. The number of hydrogen-bond donors (Lipinski definition) is 1. The molecule has 266 valence electrons. The van der Waals surface area contributed by atoms with Crippen LogP contribution in [-0.2, 0) is 27.8 Å². The largest absolute Gasteiger partial charge is 0.467 e. The minimum absolute atomic E-state index is 0.0602. The number of aryl methyl sites for hydroxylation is 2. The quantitative estimate of drug-likeness (QED) is 0.155. The fourth-order valence-electron chi connectivity index (χ4n) is 7.41. The van der Waals surface area contributed by atoms with Gasteiger partial charge in [0.1, 0.15) is 16.8 Å². The van der Waals surface area contributed by atoms with Gasteiger partial charge in [-0.25, -0.2) is 19.4 Å². The molecule has 0 spiro atoms. The van der Waals surface area contributed by atoms with Crippen molar-refractivity contribution in [3.05, 3.63) is 46.0 Å². The number of nitriles is 1. The third-order valence-electron chi connectivity index (χ3n) is 10.0. The number of nitrogens with two attached hydrogens (primary N) is 1. The van der Waals surface area contributed by atoms with Crippen molar-refractivity contribution in [2.24, 2.45) is 5.92 Å². The smallest absolute Gasteiger partial charge is 0.330 e. The van der Waals surface area contributed by atoms with Crippen molar-refractivity contribution in [3.8, 4) is 17.6 Å². The van der Waals surface area contributed by atoms with E-state index < -0.39 is 11.5 Å². The van der Waals surface area contributed by atoms with Crippen LogP contribution in [0.4, 0.5) is 10.9 Å². The molecule has 1 aliphatic carbocycles. The van der Waals surface area contributed by atoms with E-state index in [-0.39, 0.29) is 17.9 Å². The van der Waals surface area contributed by atoms with Crippen molar-refractivity contribution in [1.82, 2.24) is 40.0 Å². The summed E-state index contributed by atoms with van der Waals surface area (Å²) in [5, 5.41) is 23.2. The molecule has 1 aliphatic heterocycles. The number of carbonyl (C=O) groups excluding carboxylic acids is 1. The van der Waals surface area contributed by atoms with Gasteiger partial charge in [-0.1, -0.05) is 30.6 Å². The number of anilines is 2. The van der Waals surface area contributed by atoms with Crippen molar-refractivity contribution in [2.45, 2.75) is 96.6 Å². The van der Waals surface area contributed by atoms with Crippen LogP contribution < -0.4 is 10.6 Å². The van der Waals surface area contributed by atoms with Crippen LogP contribution in [0, 0.1) is 17.2 Å². The van der Waals surface area contributed by atoms with Crippen LogP contribution in [0.2, 0.25) is 0 Å². The molecule has 2 N–H and O–H groups in total. The van der Waals surface area contributed by atoms with Crippen LogP contribution in [0.5, 0.6) is 0 Å². The standard InChI is InChI=1S/C35H47N11O3S/c1-22(2)29(32(47)48-5)46-21-24(41-43-46)11-7-6-8-16-44-17-10-18-45(23(3)20-44)34-38-15-13-26(39-34)31-40-33(49-42-31)35(4)14-9-12-27-28(35)25(19-36)30(37)50-27/h13,15,21-23,29H,6-12,14,16-18,20,37H2,1-5H3/t23-,29?,35-/m0/s1. The zero-order chi connectivity index (χ0) is 35.4. The zero-order valence-electron chi connectivity index (χ0n) is 29.6. The second-order valence-electron chi connectivity index (χ2n) is 14.0. The number of methoxy groups -OCH3 is 1. The number of hydrogen-bond acceptors (Lipinski definition) is 14. The van der Waals surface area contributed by atoms with Gasteiger partial charge in [0.25, 0.3) is 0 Å². The summed E-state index contributed by atoms with van der Waals surface area (Å²) in [7, 11) is 1.40. The lowest BCUT2D eigenvalue weighted by Gasteiger charge is -2.30. The first-order chi connectivity index (χ1) is 24.1. The highest BCUT2D eigenvalue weighted by atomic mass is 32.1. The Morgan fingerprint density at radius 1 is 1.24 bits per heavy atom. The van der Waals surface area contributed by atoms with Crippen molar-refractivity contribution in [3.63, 3.8) is 0 Å². The molecule has 0 saturated carbocycles. The maximum absolute atomic E-state index is 12.2. The maximum atomic E-state index is 12.2. The lowest BCUT2D eigenvalue weighted by Crippen LogP contribution is -2.40. The number of nitrogen functional groups attached to an aromatic ring is 1. The molecule has 0 radical (unpaired) electrons. The number of aromatic nitrogens is 7. The lowest BCUT2D eigenvalue weighted by molar-refractivity contribution is -0.146. The van der Waals surface area contributed by atoms with Crippen molar-refractivity contribution >= 4 is 28.3 Å². The van der Waals surface area contributed by atoms with Crippen molar-refractivity contribution < 1.29 is 14.1 Å². The van der Waals surface area contributed by atoms with E-state index in [4.69, 9.17) is 25.0 Å². The van der Waals surface area contributed by atoms with E-state index in [1.807, 2.05) is 26.1 Å². The third-order valence-corrected chi connectivity index (χ3v) is 11.1. The molecule has 6 rings (SSSR count). The molecule has 1 fully saturated rings. The summed E-state index contributed by atoms with van der Waals surface area (Å²) in [6, 6.07) is 3.88. The summed E-state index contributed by atoms with van der Waals surface area (Å²) in [5.41, 5.74) is 8.59.